The van der Waals surface area contributed by atoms with Gasteiger partial charge < -0.3 is 16.0 Å². The molecule has 3 rings (SSSR count). The van der Waals surface area contributed by atoms with Crippen molar-refractivity contribution in [3.05, 3.63) is 45.7 Å². The lowest BCUT2D eigenvalue weighted by atomic mass is 10.1. The van der Waals surface area contributed by atoms with Gasteiger partial charge in [0.25, 0.3) is 11.8 Å². The van der Waals surface area contributed by atoms with E-state index in [0.717, 1.165) is 25.9 Å². The van der Waals surface area contributed by atoms with Crippen molar-refractivity contribution in [2.75, 3.05) is 18.4 Å². The van der Waals surface area contributed by atoms with Gasteiger partial charge in [-0.25, -0.2) is 0 Å². The maximum atomic E-state index is 12.4. The molecule has 0 spiro atoms. The van der Waals surface area contributed by atoms with Crippen LogP contribution in [0.1, 0.15) is 33.7 Å². The van der Waals surface area contributed by atoms with Gasteiger partial charge in [-0.3, -0.25) is 14.7 Å². The van der Waals surface area contributed by atoms with Gasteiger partial charge in [0.1, 0.15) is 5.69 Å². The lowest BCUT2D eigenvalue weighted by molar-refractivity contribution is 0.0925. The van der Waals surface area contributed by atoms with Crippen molar-refractivity contribution < 1.29 is 9.59 Å². The molecule has 0 radical (unpaired) electrons. The Labute approximate surface area is 166 Å². The quantitative estimate of drug-likeness (QED) is 0.613. The van der Waals surface area contributed by atoms with Gasteiger partial charge in [-0.15, -0.1) is 12.4 Å². The number of benzene rings is 1. The summed E-state index contributed by atoms with van der Waals surface area (Å²) >= 11 is 11.9. The van der Waals surface area contributed by atoms with E-state index in [1.54, 1.807) is 6.07 Å². The molecular formula is C16H18Cl3N5O2. The zero-order valence-corrected chi connectivity index (χ0v) is 16.0. The molecule has 2 amide bonds. The topological polar surface area (TPSA) is 98.9 Å². The Hall–Kier alpha value is -1.80. The number of carbonyl (C=O) groups excluding carboxylic acids is 2. The normalized spacial score (nSPS) is 14.4. The van der Waals surface area contributed by atoms with Crippen LogP contribution in [-0.2, 0) is 0 Å². The van der Waals surface area contributed by atoms with Crippen LogP contribution in [0.5, 0.6) is 0 Å². The molecule has 2 aromatic rings. The third-order valence-corrected chi connectivity index (χ3v) is 4.51. The SMILES string of the molecule is Cl.O=C(Nc1cn[nH]c1C(=O)NC1CCNCC1)c1ccc(Cl)cc1Cl. The van der Waals surface area contributed by atoms with Crippen LogP contribution in [0, 0.1) is 0 Å². The predicted molar refractivity (Wildman–Crippen MR) is 104 cm³/mol. The fourth-order valence-corrected chi connectivity index (χ4v) is 3.14. The Morgan fingerprint density at radius 2 is 1.88 bits per heavy atom. The van der Waals surface area contributed by atoms with Crippen LogP contribution in [0.4, 0.5) is 5.69 Å². The first kappa shape index (κ1) is 20.5. The zero-order chi connectivity index (χ0) is 17.8. The van der Waals surface area contributed by atoms with Crippen molar-refractivity contribution in [1.29, 1.82) is 0 Å². The van der Waals surface area contributed by atoms with E-state index in [9.17, 15) is 9.59 Å². The molecule has 7 nitrogen and oxygen atoms in total. The summed E-state index contributed by atoms with van der Waals surface area (Å²) in [5, 5.41) is 16.0. The molecule has 1 aromatic heterocycles. The summed E-state index contributed by atoms with van der Waals surface area (Å²) in [6.45, 7) is 1.74. The van der Waals surface area contributed by atoms with Gasteiger partial charge >= 0.3 is 0 Å². The highest BCUT2D eigenvalue weighted by atomic mass is 35.5. The lowest BCUT2D eigenvalue weighted by Gasteiger charge is -2.23. The first-order chi connectivity index (χ1) is 12.0. The number of hydrogen-bond donors (Lipinski definition) is 4. The molecule has 26 heavy (non-hydrogen) atoms. The van der Waals surface area contributed by atoms with Gasteiger partial charge in [-0.2, -0.15) is 5.10 Å². The average molecular weight is 419 g/mol. The van der Waals surface area contributed by atoms with Crippen LogP contribution >= 0.6 is 35.6 Å². The molecule has 0 atom stereocenters. The number of carbonyl (C=O) groups is 2. The molecule has 4 N–H and O–H groups in total. The van der Waals surface area contributed by atoms with E-state index in [-0.39, 0.29) is 40.6 Å². The Balaban J connectivity index is 0.00000243. The Morgan fingerprint density at radius 3 is 2.58 bits per heavy atom. The van der Waals surface area contributed by atoms with Crippen LogP contribution < -0.4 is 16.0 Å². The molecular weight excluding hydrogens is 401 g/mol. The van der Waals surface area contributed by atoms with Gasteiger partial charge in [0.05, 0.1) is 22.5 Å². The highest BCUT2D eigenvalue weighted by molar-refractivity contribution is 6.37. The summed E-state index contributed by atoms with van der Waals surface area (Å²) in [5.41, 5.74) is 0.761. The second-order valence-electron chi connectivity index (χ2n) is 5.73. The second-order valence-corrected chi connectivity index (χ2v) is 6.58. The van der Waals surface area contributed by atoms with Crippen molar-refractivity contribution in [1.82, 2.24) is 20.8 Å². The van der Waals surface area contributed by atoms with E-state index in [4.69, 9.17) is 23.2 Å². The number of nitrogens with zero attached hydrogens (tertiary/aromatic N) is 1. The van der Waals surface area contributed by atoms with E-state index in [1.165, 1.54) is 18.3 Å². The molecule has 1 saturated heterocycles. The number of piperidine rings is 1. The third kappa shape index (κ3) is 4.88. The van der Waals surface area contributed by atoms with E-state index in [1.807, 2.05) is 0 Å². The molecule has 0 unspecified atom stereocenters. The number of nitrogens with one attached hydrogen (secondary N) is 4. The summed E-state index contributed by atoms with van der Waals surface area (Å²) in [7, 11) is 0. The first-order valence-electron chi connectivity index (χ1n) is 7.86. The van der Waals surface area contributed by atoms with Gasteiger partial charge in [0.15, 0.2) is 0 Å². The minimum absolute atomic E-state index is 0. The van der Waals surface area contributed by atoms with Crippen LogP contribution in [0.3, 0.4) is 0 Å². The number of anilines is 1. The predicted octanol–water partition coefficient (Wildman–Crippen LogP) is 2.87. The second kappa shape index (κ2) is 9.23. The first-order valence-corrected chi connectivity index (χ1v) is 8.61. The van der Waals surface area contributed by atoms with Crippen LogP contribution in [0.15, 0.2) is 24.4 Å². The number of amides is 2. The Morgan fingerprint density at radius 1 is 1.15 bits per heavy atom. The van der Waals surface area contributed by atoms with Crippen LogP contribution in [0.25, 0.3) is 0 Å². The molecule has 1 aliphatic heterocycles. The zero-order valence-electron chi connectivity index (χ0n) is 13.6. The fourth-order valence-electron chi connectivity index (χ4n) is 2.64. The van der Waals surface area contributed by atoms with Crippen molar-refractivity contribution in [2.24, 2.45) is 0 Å². The van der Waals surface area contributed by atoms with Gasteiger partial charge in [0, 0.05) is 11.1 Å². The molecule has 0 saturated carbocycles. The van der Waals surface area contributed by atoms with Crippen LogP contribution in [0.2, 0.25) is 10.0 Å². The lowest BCUT2D eigenvalue weighted by Crippen LogP contribution is -2.43. The molecule has 140 valence electrons. The van der Waals surface area contributed by atoms with E-state index in [0.29, 0.717) is 10.7 Å². The summed E-state index contributed by atoms with van der Waals surface area (Å²) in [6, 6.07) is 4.68. The molecule has 0 aliphatic carbocycles. The number of halogens is 3. The van der Waals surface area contributed by atoms with E-state index < -0.39 is 5.91 Å². The molecule has 2 heterocycles. The molecule has 10 heteroatoms. The largest absolute Gasteiger partial charge is 0.348 e. The van der Waals surface area contributed by atoms with E-state index in [2.05, 4.69) is 26.1 Å². The van der Waals surface area contributed by atoms with Crippen molar-refractivity contribution >= 4 is 53.1 Å². The number of hydrogen-bond acceptors (Lipinski definition) is 4. The monoisotopic (exact) mass is 417 g/mol. The highest BCUT2D eigenvalue weighted by Crippen LogP contribution is 2.22. The smallest absolute Gasteiger partial charge is 0.271 e. The molecule has 1 aromatic carbocycles. The average Bonchev–Trinajstić information content (AvgIpc) is 3.03. The summed E-state index contributed by atoms with van der Waals surface area (Å²) in [6.07, 6.45) is 3.11. The van der Waals surface area contributed by atoms with Gasteiger partial charge in [-0.05, 0) is 44.1 Å². The van der Waals surface area contributed by atoms with Crippen molar-refractivity contribution in [3.63, 3.8) is 0 Å². The van der Waals surface area contributed by atoms with Crippen LogP contribution in [-0.4, -0.2) is 41.1 Å². The standard InChI is InChI=1S/C16H17Cl2N5O2.ClH/c17-9-1-2-11(12(18)7-9)15(24)22-13-8-20-23-14(13)16(25)21-10-3-5-19-6-4-10;/h1-2,7-8,10,19H,3-6H2,(H,20,23)(H,21,25)(H,22,24);1H. The summed E-state index contributed by atoms with van der Waals surface area (Å²) < 4.78 is 0. The van der Waals surface area contributed by atoms with Gasteiger partial charge in [-0.1, -0.05) is 23.2 Å². The Bertz CT molecular complexity index is 790. The summed E-state index contributed by atoms with van der Waals surface area (Å²) in [5.74, 6) is -0.749. The van der Waals surface area contributed by atoms with Crippen molar-refractivity contribution in [2.45, 2.75) is 18.9 Å². The number of aromatic nitrogens is 2. The van der Waals surface area contributed by atoms with Gasteiger partial charge in [0.2, 0.25) is 0 Å². The third-order valence-electron chi connectivity index (χ3n) is 3.96. The molecule has 1 fully saturated rings. The molecule has 1 aliphatic rings. The number of aromatic amines is 1. The Kier molecular flexibility index (Phi) is 7.28. The number of H-pyrrole nitrogens is 1. The van der Waals surface area contributed by atoms with Crippen molar-refractivity contribution in [3.8, 4) is 0 Å². The maximum absolute atomic E-state index is 12.4. The highest BCUT2D eigenvalue weighted by Gasteiger charge is 2.21. The minimum Gasteiger partial charge on any atom is -0.348 e. The minimum atomic E-state index is -0.445. The fraction of sp³-hybridized carbons (Fsp3) is 0.312. The maximum Gasteiger partial charge on any atom is 0.271 e. The molecule has 0 bridgehead atoms. The summed E-state index contributed by atoms with van der Waals surface area (Å²) in [4.78, 5) is 24.8. The van der Waals surface area contributed by atoms with E-state index >= 15 is 0 Å². The number of rotatable bonds is 4.